The fourth-order valence-electron chi connectivity index (χ4n) is 1.72. The molecule has 1 rings (SSSR count). The Hall–Kier alpha value is -1.32. The SMILES string of the molecule is CCCCC/C=C/COC(=O)[C@@H]1CCC(=O)N1. The minimum absolute atomic E-state index is 0.0675. The Kier molecular flexibility index (Phi) is 6.37. The molecule has 17 heavy (non-hydrogen) atoms. The molecule has 1 saturated heterocycles. The molecule has 4 nitrogen and oxygen atoms in total. The van der Waals surface area contributed by atoms with E-state index in [0.29, 0.717) is 19.4 Å². The van der Waals surface area contributed by atoms with Crippen LogP contribution in [0.1, 0.15) is 45.4 Å². The highest BCUT2D eigenvalue weighted by Crippen LogP contribution is 2.08. The number of allylic oxidation sites excluding steroid dienone is 1. The van der Waals surface area contributed by atoms with E-state index in [1.165, 1.54) is 19.3 Å². The van der Waals surface area contributed by atoms with Gasteiger partial charge in [0.1, 0.15) is 12.6 Å². The molecular formula is C13H21NO3. The molecule has 0 aromatic rings. The molecule has 1 atom stereocenters. The third-order valence-corrected chi connectivity index (χ3v) is 2.74. The van der Waals surface area contributed by atoms with Gasteiger partial charge in [0.25, 0.3) is 0 Å². The molecule has 0 bridgehead atoms. The Morgan fingerprint density at radius 2 is 2.29 bits per heavy atom. The quantitative estimate of drug-likeness (QED) is 0.419. The summed E-state index contributed by atoms with van der Waals surface area (Å²) < 4.78 is 5.04. The Morgan fingerprint density at radius 3 is 2.94 bits per heavy atom. The second kappa shape index (κ2) is 7.87. The van der Waals surface area contributed by atoms with Crippen molar-refractivity contribution in [1.29, 1.82) is 0 Å². The highest BCUT2D eigenvalue weighted by molar-refractivity contribution is 5.88. The van der Waals surface area contributed by atoms with Crippen molar-refractivity contribution in [2.24, 2.45) is 0 Å². The van der Waals surface area contributed by atoms with Crippen LogP contribution in [0.3, 0.4) is 0 Å². The van der Waals surface area contributed by atoms with Gasteiger partial charge in [-0.05, 0) is 19.3 Å². The molecule has 1 aliphatic rings. The first-order valence-electron chi connectivity index (χ1n) is 6.35. The van der Waals surface area contributed by atoms with Crippen LogP contribution in [0.4, 0.5) is 0 Å². The van der Waals surface area contributed by atoms with E-state index in [1.54, 1.807) is 0 Å². The lowest BCUT2D eigenvalue weighted by atomic mass is 10.2. The average molecular weight is 239 g/mol. The zero-order valence-electron chi connectivity index (χ0n) is 10.4. The molecule has 1 aliphatic heterocycles. The van der Waals surface area contributed by atoms with Gasteiger partial charge in [0.05, 0.1) is 0 Å². The standard InChI is InChI=1S/C13H21NO3/c1-2-3-4-5-6-7-10-17-13(16)11-8-9-12(15)14-11/h6-7,11H,2-5,8-10H2,1H3,(H,14,15)/b7-6+/t11-/m0/s1. The Bertz CT molecular complexity index is 286. The first-order chi connectivity index (χ1) is 8.24. The molecule has 0 unspecified atom stereocenters. The maximum absolute atomic E-state index is 11.5. The number of carbonyl (C=O) groups excluding carboxylic acids is 2. The summed E-state index contributed by atoms with van der Waals surface area (Å²) in [7, 11) is 0. The second-order valence-electron chi connectivity index (χ2n) is 4.26. The fourth-order valence-corrected chi connectivity index (χ4v) is 1.72. The number of hydrogen-bond donors (Lipinski definition) is 1. The van der Waals surface area contributed by atoms with Crippen molar-refractivity contribution < 1.29 is 14.3 Å². The molecule has 1 heterocycles. The van der Waals surface area contributed by atoms with Crippen molar-refractivity contribution in [3.05, 3.63) is 12.2 Å². The third kappa shape index (κ3) is 5.52. The number of amides is 1. The minimum atomic E-state index is -0.434. The molecule has 0 aliphatic carbocycles. The maximum Gasteiger partial charge on any atom is 0.328 e. The summed E-state index contributed by atoms with van der Waals surface area (Å²) in [6, 6.07) is -0.434. The zero-order valence-corrected chi connectivity index (χ0v) is 10.4. The first kappa shape index (κ1) is 13.7. The number of nitrogens with one attached hydrogen (secondary N) is 1. The molecular weight excluding hydrogens is 218 g/mol. The summed E-state index contributed by atoms with van der Waals surface area (Å²) in [4.78, 5) is 22.4. The van der Waals surface area contributed by atoms with E-state index >= 15 is 0 Å². The molecule has 0 aromatic carbocycles. The number of ether oxygens (including phenoxy) is 1. The summed E-state index contributed by atoms with van der Waals surface area (Å²) in [5.74, 6) is -0.392. The Morgan fingerprint density at radius 1 is 1.47 bits per heavy atom. The van der Waals surface area contributed by atoms with E-state index in [-0.39, 0.29) is 11.9 Å². The largest absolute Gasteiger partial charge is 0.460 e. The summed E-state index contributed by atoms with van der Waals surface area (Å²) in [6.45, 7) is 2.47. The highest BCUT2D eigenvalue weighted by atomic mass is 16.5. The van der Waals surface area contributed by atoms with Crippen LogP contribution in [0.15, 0.2) is 12.2 Å². The summed E-state index contributed by atoms with van der Waals surface area (Å²) in [5, 5.41) is 2.58. The lowest BCUT2D eigenvalue weighted by molar-refractivity contribution is -0.145. The monoisotopic (exact) mass is 239 g/mol. The van der Waals surface area contributed by atoms with Crippen LogP contribution in [0.2, 0.25) is 0 Å². The zero-order chi connectivity index (χ0) is 12.5. The fraction of sp³-hybridized carbons (Fsp3) is 0.692. The minimum Gasteiger partial charge on any atom is -0.460 e. The summed E-state index contributed by atoms with van der Waals surface area (Å²) in [6.07, 6.45) is 9.54. The molecule has 4 heteroatoms. The smallest absolute Gasteiger partial charge is 0.328 e. The van der Waals surface area contributed by atoms with Gasteiger partial charge in [-0.15, -0.1) is 0 Å². The van der Waals surface area contributed by atoms with E-state index in [9.17, 15) is 9.59 Å². The van der Waals surface area contributed by atoms with Gasteiger partial charge in [-0.2, -0.15) is 0 Å². The molecule has 1 amide bonds. The molecule has 0 saturated carbocycles. The summed E-state index contributed by atoms with van der Waals surface area (Å²) in [5.41, 5.74) is 0. The van der Waals surface area contributed by atoms with Crippen molar-refractivity contribution in [2.75, 3.05) is 6.61 Å². The molecule has 96 valence electrons. The first-order valence-corrected chi connectivity index (χ1v) is 6.35. The van der Waals surface area contributed by atoms with Crippen molar-refractivity contribution in [2.45, 2.75) is 51.5 Å². The maximum atomic E-state index is 11.5. The Labute approximate surface area is 102 Å². The number of unbranched alkanes of at least 4 members (excludes halogenated alkanes) is 3. The average Bonchev–Trinajstić information content (AvgIpc) is 2.74. The lowest BCUT2D eigenvalue weighted by Gasteiger charge is -2.08. The van der Waals surface area contributed by atoms with Crippen molar-refractivity contribution in [3.63, 3.8) is 0 Å². The predicted molar refractivity (Wildman–Crippen MR) is 65.4 cm³/mol. The van der Waals surface area contributed by atoms with Gasteiger partial charge < -0.3 is 10.1 Å². The van der Waals surface area contributed by atoms with Crippen LogP contribution in [-0.2, 0) is 14.3 Å². The van der Waals surface area contributed by atoms with E-state index in [0.717, 1.165) is 6.42 Å². The van der Waals surface area contributed by atoms with Gasteiger partial charge in [-0.25, -0.2) is 4.79 Å². The van der Waals surface area contributed by atoms with Gasteiger partial charge in [0.2, 0.25) is 5.91 Å². The summed E-state index contributed by atoms with van der Waals surface area (Å²) >= 11 is 0. The van der Waals surface area contributed by atoms with Gasteiger partial charge in [-0.1, -0.05) is 31.9 Å². The van der Waals surface area contributed by atoms with Crippen LogP contribution in [0.25, 0.3) is 0 Å². The molecule has 1 N–H and O–H groups in total. The number of rotatable bonds is 7. The molecule has 1 fully saturated rings. The second-order valence-corrected chi connectivity index (χ2v) is 4.26. The van der Waals surface area contributed by atoms with Crippen molar-refractivity contribution in [1.82, 2.24) is 5.32 Å². The molecule has 0 spiro atoms. The number of hydrogen-bond acceptors (Lipinski definition) is 3. The normalized spacial score (nSPS) is 19.6. The number of carbonyl (C=O) groups is 2. The Balaban J connectivity index is 2.06. The van der Waals surface area contributed by atoms with Gasteiger partial charge in [0, 0.05) is 6.42 Å². The van der Waals surface area contributed by atoms with E-state index in [4.69, 9.17) is 4.74 Å². The van der Waals surface area contributed by atoms with E-state index < -0.39 is 6.04 Å². The van der Waals surface area contributed by atoms with Crippen LogP contribution in [0.5, 0.6) is 0 Å². The topological polar surface area (TPSA) is 55.4 Å². The highest BCUT2D eigenvalue weighted by Gasteiger charge is 2.27. The van der Waals surface area contributed by atoms with Crippen LogP contribution < -0.4 is 5.32 Å². The van der Waals surface area contributed by atoms with Crippen LogP contribution in [-0.4, -0.2) is 24.5 Å². The van der Waals surface area contributed by atoms with Crippen molar-refractivity contribution in [3.8, 4) is 0 Å². The predicted octanol–water partition coefficient (Wildman–Crippen LogP) is 1.94. The van der Waals surface area contributed by atoms with Crippen LogP contribution in [0, 0.1) is 0 Å². The third-order valence-electron chi connectivity index (χ3n) is 2.74. The lowest BCUT2D eigenvalue weighted by Crippen LogP contribution is -2.34. The van der Waals surface area contributed by atoms with Crippen molar-refractivity contribution >= 4 is 11.9 Å². The molecule has 0 aromatic heterocycles. The van der Waals surface area contributed by atoms with E-state index in [2.05, 4.69) is 12.2 Å². The van der Waals surface area contributed by atoms with E-state index in [1.807, 2.05) is 12.2 Å². The number of esters is 1. The van der Waals surface area contributed by atoms with Gasteiger partial charge in [-0.3, -0.25) is 4.79 Å². The van der Waals surface area contributed by atoms with Gasteiger partial charge in [0.15, 0.2) is 0 Å². The van der Waals surface area contributed by atoms with Gasteiger partial charge >= 0.3 is 5.97 Å². The van der Waals surface area contributed by atoms with Crippen LogP contribution >= 0.6 is 0 Å². The molecule has 0 radical (unpaired) electrons.